The fraction of sp³-hybridized carbons (Fsp3) is 0.182. The second-order valence-corrected chi connectivity index (χ2v) is 6.00. The number of aromatic nitrogens is 2. The van der Waals surface area contributed by atoms with Crippen LogP contribution in [0.25, 0.3) is 4.96 Å². The second kappa shape index (κ2) is 4.42. The van der Waals surface area contributed by atoms with Crippen molar-refractivity contribution in [3.63, 3.8) is 0 Å². The summed E-state index contributed by atoms with van der Waals surface area (Å²) in [6.07, 6.45) is 4.74. The number of halogens is 1. The van der Waals surface area contributed by atoms with Crippen LogP contribution >= 0.6 is 34.3 Å². The summed E-state index contributed by atoms with van der Waals surface area (Å²) in [6, 6.07) is 1.81. The zero-order valence-electron chi connectivity index (χ0n) is 8.84. The quantitative estimate of drug-likeness (QED) is 0.801. The van der Waals surface area contributed by atoms with Gasteiger partial charge in [-0.25, -0.2) is 4.98 Å². The maximum absolute atomic E-state index is 6.14. The third-order valence-corrected chi connectivity index (χ3v) is 4.81. The number of hydrogen-bond donors (Lipinski definition) is 1. The predicted molar refractivity (Wildman–Crippen MR) is 73.0 cm³/mol. The van der Waals surface area contributed by atoms with Crippen LogP contribution in [0.3, 0.4) is 0 Å². The Morgan fingerprint density at radius 3 is 3.00 bits per heavy atom. The van der Waals surface area contributed by atoms with Crippen LogP contribution in [-0.4, -0.2) is 9.38 Å². The molecule has 1 unspecified atom stereocenters. The van der Waals surface area contributed by atoms with Crippen molar-refractivity contribution in [1.29, 1.82) is 0 Å². The van der Waals surface area contributed by atoms with Gasteiger partial charge in [0.15, 0.2) is 4.96 Å². The minimum atomic E-state index is -0.0768. The average molecular weight is 284 g/mol. The topological polar surface area (TPSA) is 43.3 Å². The molecule has 1 atom stereocenters. The van der Waals surface area contributed by atoms with Gasteiger partial charge >= 0.3 is 0 Å². The summed E-state index contributed by atoms with van der Waals surface area (Å²) in [5.74, 6) is 0. The number of imidazole rings is 1. The van der Waals surface area contributed by atoms with E-state index in [1.54, 1.807) is 22.7 Å². The van der Waals surface area contributed by atoms with Gasteiger partial charge in [-0.1, -0.05) is 11.6 Å². The van der Waals surface area contributed by atoms with Crippen molar-refractivity contribution in [3.05, 3.63) is 44.8 Å². The number of hydrogen-bond acceptors (Lipinski definition) is 4. The van der Waals surface area contributed by atoms with E-state index in [4.69, 9.17) is 17.3 Å². The highest BCUT2D eigenvalue weighted by Crippen LogP contribution is 2.29. The van der Waals surface area contributed by atoms with E-state index in [-0.39, 0.29) is 6.04 Å². The molecule has 3 nitrogen and oxygen atoms in total. The Bertz CT molecular complexity index is 611. The van der Waals surface area contributed by atoms with E-state index in [1.807, 2.05) is 33.6 Å². The Morgan fingerprint density at radius 2 is 2.29 bits per heavy atom. The van der Waals surface area contributed by atoms with Crippen molar-refractivity contribution in [2.24, 2.45) is 5.73 Å². The lowest BCUT2D eigenvalue weighted by atomic mass is 10.1. The monoisotopic (exact) mass is 283 g/mol. The maximum atomic E-state index is 6.14. The highest BCUT2D eigenvalue weighted by atomic mass is 35.5. The Balaban J connectivity index is 1.83. The Labute approximate surface area is 111 Å². The number of nitrogens with two attached hydrogens (primary N) is 1. The minimum Gasteiger partial charge on any atom is -0.323 e. The number of thiophene rings is 1. The number of nitrogens with zero attached hydrogens (tertiary/aromatic N) is 2. The van der Waals surface area contributed by atoms with Crippen LogP contribution in [0, 0.1) is 0 Å². The summed E-state index contributed by atoms with van der Waals surface area (Å²) in [5, 5.41) is 4.73. The van der Waals surface area contributed by atoms with E-state index >= 15 is 0 Å². The van der Waals surface area contributed by atoms with E-state index in [2.05, 4.69) is 4.98 Å². The molecule has 0 aromatic carbocycles. The summed E-state index contributed by atoms with van der Waals surface area (Å²) < 4.78 is 2.02. The molecule has 88 valence electrons. The highest BCUT2D eigenvalue weighted by molar-refractivity contribution is 7.15. The molecule has 0 amide bonds. The van der Waals surface area contributed by atoms with Gasteiger partial charge in [-0.2, -0.15) is 0 Å². The lowest BCUT2D eigenvalue weighted by molar-refractivity contribution is 0.724. The molecule has 0 saturated heterocycles. The van der Waals surface area contributed by atoms with Crippen molar-refractivity contribution in [3.8, 4) is 0 Å². The Morgan fingerprint density at radius 1 is 1.41 bits per heavy atom. The first kappa shape index (κ1) is 11.2. The highest BCUT2D eigenvalue weighted by Gasteiger charge is 2.14. The lowest BCUT2D eigenvalue weighted by Gasteiger charge is -2.07. The van der Waals surface area contributed by atoms with Crippen LogP contribution in [0.15, 0.2) is 29.2 Å². The summed E-state index contributed by atoms with van der Waals surface area (Å²) in [6.45, 7) is 0. The first-order chi connectivity index (χ1) is 8.24. The molecular weight excluding hydrogens is 274 g/mol. The van der Waals surface area contributed by atoms with Crippen molar-refractivity contribution in [1.82, 2.24) is 9.38 Å². The molecule has 0 spiro atoms. The van der Waals surface area contributed by atoms with Crippen LogP contribution < -0.4 is 5.73 Å². The molecule has 0 aliphatic carbocycles. The van der Waals surface area contributed by atoms with Gasteiger partial charge in [-0.15, -0.1) is 22.7 Å². The van der Waals surface area contributed by atoms with E-state index in [0.717, 1.165) is 20.6 Å². The van der Waals surface area contributed by atoms with E-state index in [9.17, 15) is 0 Å². The van der Waals surface area contributed by atoms with Crippen LogP contribution in [0.5, 0.6) is 0 Å². The standard InChI is InChI=1S/C11H10ClN3S2/c12-8-1-3-16-10(8)9(13)5-7-6-15-2-4-17-11(15)14-7/h1-4,6,9H,5,13H2. The van der Waals surface area contributed by atoms with Gasteiger partial charge in [-0.05, 0) is 11.4 Å². The third kappa shape index (κ3) is 2.11. The fourth-order valence-corrected chi connectivity index (χ4v) is 3.68. The molecule has 3 aromatic rings. The van der Waals surface area contributed by atoms with Crippen LogP contribution in [0.4, 0.5) is 0 Å². The molecule has 0 saturated carbocycles. The molecular formula is C11H10ClN3S2. The molecule has 3 aromatic heterocycles. The zero-order chi connectivity index (χ0) is 11.8. The summed E-state index contributed by atoms with van der Waals surface area (Å²) in [7, 11) is 0. The van der Waals surface area contributed by atoms with E-state index in [0.29, 0.717) is 6.42 Å². The molecule has 0 fully saturated rings. The van der Waals surface area contributed by atoms with Crippen molar-refractivity contribution in [2.45, 2.75) is 12.5 Å². The number of rotatable bonds is 3. The number of thiazole rings is 1. The SMILES string of the molecule is NC(Cc1cn2ccsc2n1)c1sccc1Cl. The van der Waals surface area contributed by atoms with Crippen LogP contribution in [-0.2, 0) is 6.42 Å². The van der Waals surface area contributed by atoms with Gasteiger partial charge in [0.2, 0.25) is 0 Å². The lowest BCUT2D eigenvalue weighted by Crippen LogP contribution is -2.12. The minimum absolute atomic E-state index is 0.0768. The maximum Gasteiger partial charge on any atom is 0.193 e. The third-order valence-electron chi connectivity index (χ3n) is 2.55. The van der Waals surface area contributed by atoms with Crippen LogP contribution in [0.2, 0.25) is 5.02 Å². The zero-order valence-corrected chi connectivity index (χ0v) is 11.2. The number of fused-ring (bicyclic) bond motifs is 1. The molecule has 6 heteroatoms. The average Bonchev–Trinajstić information content (AvgIpc) is 2.92. The van der Waals surface area contributed by atoms with Crippen molar-refractivity contribution in [2.75, 3.05) is 0 Å². The van der Waals surface area contributed by atoms with Gasteiger partial charge in [0, 0.05) is 35.1 Å². The first-order valence-corrected chi connectivity index (χ1v) is 7.27. The predicted octanol–water partition coefficient (Wildman–Crippen LogP) is 3.35. The Kier molecular flexibility index (Phi) is 2.92. The molecule has 0 radical (unpaired) electrons. The van der Waals surface area contributed by atoms with E-state index < -0.39 is 0 Å². The largest absolute Gasteiger partial charge is 0.323 e. The van der Waals surface area contributed by atoms with Gasteiger partial charge in [0.05, 0.1) is 10.7 Å². The van der Waals surface area contributed by atoms with Gasteiger partial charge < -0.3 is 5.73 Å². The molecule has 0 aliphatic rings. The molecule has 2 N–H and O–H groups in total. The van der Waals surface area contributed by atoms with Gasteiger partial charge in [0.25, 0.3) is 0 Å². The molecule has 0 bridgehead atoms. The summed E-state index contributed by atoms with van der Waals surface area (Å²) >= 11 is 9.29. The van der Waals surface area contributed by atoms with Crippen molar-refractivity contribution >= 4 is 39.2 Å². The summed E-state index contributed by atoms with van der Waals surface area (Å²) in [5.41, 5.74) is 7.15. The molecule has 3 rings (SSSR count). The fourth-order valence-electron chi connectivity index (χ4n) is 1.76. The van der Waals surface area contributed by atoms with Gasteiger partial charge in [-0.3, -0.25) is 4.40 Å². The van der Waals surface area contributed by atoms with Crippen LogP contribution in [0.1, 0.15) is 16.6 Å². The molecule has 17 heavy (non-hydrogen) atoms. The summed E-state index contributed by atoms with van der Waals surface area (Å²) in [4.78, 5) is 6.55. The van der Waals surface area contributed by atoms with Gasteiger partial charge in [0.1, 0.15) is 0 Å². The molecule has 3 heterocycles. The molecule has 0 aliphatic heterocycles. The van der Waals surface area contributed by atoms with E-state index in [1.165, 1.54) is 0 Å². The Hall–Kier alpha value is -0.880. The normalized spacial score (nSPS) is 13.3. The van der Waals surface area contributed by atoms with Crippen molar-refractivity contribution < 1.29 is 0 Å². The smallest absolute Gasteiger partial charge is 0.193 e. The second-order valence-electron chi connectivity index (χ2n) is 3.77. The first-order valence-electron chi connectivity index (χ1n) is 5.13.